The zero-order chi connectivity index (χ0) is 14.0. The molecule has 0 saturated carbocycles. The van der Waals surface area contributed by atoms with Crippen LogP contribution in [0.4, 0.5) is 0 Å². The summed E-state index contributed by atoms with van der Waals surface area (Å²) in [4.78, 5) is 30.3. The molecule has 1 amide bonds. The van der Waals surface area contributed by atoms with Gasteiger partial charge in [-0.25, -0.2) is 0 Å². The van der Waals surface area contributed by atoms with Crippen molar-refractivity contribution in [1.29, 1.82) is 0 Å². The van der Waals surface area contributed by atoms with Gasteiger partial charge in [0, 0.05) is 6.42 Å². The fourth-order valence-electron chi connectivity index (χ4n) is 0.607. The first kappa shape index (κ1) is 17.7. The molecular weight excluding hydrogens is 230 g/mol. The zero-order valence-electron chi connectivity index (χ0n) is 9.88. The SMILES string of the molecule is COC(=O)[C@H](C)N.NC(=O)CC[C@H](N)C(=O)O. The fourth-order valence-corrected chi connectivity index (χ4v) is 0.607. The van der Waals surface area contributed by atoms with Crippen LogP contribution in [-0.2, 0) is 19.1 Å². The highest BCUT2D eigenvalue weighted by atomic mass is 16.5. The molecule has 0 bridgehead atoms. The van der Waals surface area contributed by atoms with Crippen LogP contribution >= 0.6 is 0 Å². The molecule has 8 heteroatoms. The number of primary amides is 1. The molecule has 0 aromatic rings. The number of hydrogen-bond acceptors (Lipinski definition) is 6. The molecule has 0 aliphatic rings. The first-order valence-electron chi connectivity index (χ1n) is 4.82. The second-order valence-electron chi connectivity index (χ2n) is 3.26. The highest BCUT2D eigenvalue weighted by Gasteiger charge is 2.11. The lowest BCUT2D eigenvalue weighted by Gasteiger charge is -2.01. The van der Waals surface area contributed by atoms with Gasteiger partial charge in [-0.1, -0.05) is 0 Å². The van der Waals surface area contributed by atoms with Gasteiger partial charge in [0.15, 0.2) is 0 Å². The van der Waals surface area contributed by atoms with Crippen LogP contribution in [0.2, 0.25) is 0 Å². The molecule has 100 valence electrons. The number of esters is 1. The smallest absolute Gasteiger partial charge is 0.322 e. The molecular formula is C9H19N3O5. The molecule has 7 N–H and O–H groups in total. The molecule has 0 aliphatic carbocycles. The summed E-state index contributed by atoms with van der Waals surface area (Å²) in [6, 6.07) is -1.47. The summed E-state index contributed by atoms with van der Waals surface area (Å²) in [5.41, 5.74) is 14.9. The number of rotatable bonds is 5. The lowest BCUT2D eigenvalue weighted by Crippen LogP contribution is -2.31. The summed E-state index contributed by atoms with van der Waals surface area (Å²) < 4.78 is 4.25. The van der Waals surface area contributed by atoms with E-state index >= 15 is 0 Å². The number of carboxylic acids is 1. The van der Waals surface area contributed by atoms with E-state index in [2.05, 4.69) is 4.74 Å². The van der Waals surface area contributed by atoms with Crippen molar-refractivity contribution >= 4 is 17.8 Å². The molecule has 2 atom stereocenters. The molecule has 0 fully saturated rings. The maximum atomic E-state index is 10.2. The monoisotopic (exact) mass is 249 g/mol. The average molecular weight is 249 g/mol. The summed E-state index contributed by atoms with van der Waals surface area (Å²) in [5.74, 6) is -2.02. The summed E-state index contributed by atoms with van der Waals surface area (Å²) in [7, 11) is 1.31. The predicted octanol–water partition coefficient (Wildman–Crippen LogP) is -1.83. The maximum Gasteiger partial charge on any atom is 0.322 e. The second-order valence-corrected chi connectivity index (χ2v) is 3.26. The van der Waals surface area contributed by atoms with E-state index in [-0.39, 0.29) is 18.8 Å². The van der Waals surface area contributed by atoms with Crippen LogP contribution in [0.1, 0.15) is 19.8 Å². The van der Waals surface area contributed by atoms with E-state index in [9.17, 15) is 14.4 Å². The zero-order valence-corrected chi connectivity index (χ0v) is 9.88. The summed E-state index contributed by atoms with van der Waals surface area (Å²) in [6.45, 7) is 1.58. The van der Waals surface area contributed by atoms with E-state index < -0.39 is 24.0 Å². The lowest BCUT2D eigenvalue weighted by atomic mass is 10.2. The first-order valence-corrected chi connectivity index (χ1v) is 4.82. The Kier molecular flexibility index (Phi) is 9.95. The van der Waals surface area contributed by atoms with Gasteiger partial charge in [-0.15, -0.1) is 0 Å². The van der Waals surface area contributed by atoms with Crippen LogP contribution in [0.5, 0.6) is 0 Å². The summed E-state index contributed by atoms with van der Waals surface area (Å²) >= 11 is 0. The van der Waals surface area contributed by atoms with Crippen molar-refractivity contribution in [3.05, 3.63) is 0 Å². The van der Waals surface area contributed by atoms with E-state index in [1.807, 2.05) is 0 Å². The Morgan fingerprint density at radius 3 is 1.94 bits per heavy atom. The van der Waals surface area contributed by atoms with Crippen molar-refractivity contribution in [2.45, 2.75) is 31.8 Å². The van der Waals surface area contributed by atoms with Gasteiger partial charge in [-0.2, -0.15) is 0 Å². The van der Waals surface area contributed by atoms with Crippen LogP contribution in [-0.4, -0.2) is 42.1 Å². The van der Waals surface area contributed by atoms with Crippen LogP contribution in [0.15, 0.2) is 0 Å². The molecule has 0 aliphatic heterocycles. The molecule has 17 heavy (non-hydrogen) atoms. The molecule has 0 unspecified atom stereocenters. The minimum Gasteiger partial charge on any atom is -0.480 e. The third-order valence-corrected chi connectivity index (χ3v) is 1.59. The number of carbonyl (C=O) groups excluding carboxylic acids is 2. The van der Waals surface area contributed by atoms with Crippen molar-refractivity contribution < 1.29 is 24.2 Å². The van der Waals surface area contributed by atoms with E-state index in [1.54, 1.807) is 6.92 Å². The Hall–Kier alpha value is -1.67. The van der Waals surface area contributed by atoms with Gasteiger partial charge in [0.05, 0.1) is 7.11 Å². The van der Waals surface area contributed by atoms with E-state index in [0.717, 1.165) is 0 Å². The average Bonchev–Trinajstić information content (AvgIpc) is 2.24. The number of aliphatic carboxylic acids is 1. The minimum absolute atomic E-state index is 0.0213. The molecule has 0 aromatic carbocycles. The molecule has 0 radical (unpaired) electrons. The maximum absolute atomic E-state index is 10.2. The van der Waals surface area contributed by atoms with Crippen molar-refractivity contribution in [2.24, 2.45) is 17.2 Å². The first-order chi connectivity index (χ1) is 7.72. The Labute approximate surface area is 99.1 Å². The van der Waals surface area contributed by atoms with Gasteiger partial charge < -0.3 is 27.0 Å². The lowest BCUT2D eigenvalue weighted by molar-refractivity contribution is -0.141. The molecule has 0 aromatic heterocycles. The minimum atomic E-state index is -1.11. The van der Waals surface area contributed by atoms with Crippen LogP contribution in [0.3, 0.4) is 0 Å². The number of methoxy groups -OCH3 is 1. The number of hydrogen-bond donors (Lipinski definition) is 4. The number of ether oxygens (including phenoxy) is 1. The van der Waals surface area contributed by atoms with Gasteiger partial charge in [0.25, 0.3) is 0 Å². The van der Waals surface area contributed by atoms with E-state index in [1.165, 1.54) is 7.11 Å². The largest absolute Gasteiger partial charge is 0.480 e. The Balaban J connectivity index is 0. The topological polar surface area (TPSA) is 159 Å². The van der Waals surface area contributed by atoms with Crippen LogP contribution in [0.25, 0.3) is 0 Å². The van der Waals surface area contributed by atoms with Crippen molar-refractivity contribution in [1.82, 2.24) is 0 Å². The van der Waals surface area contributed by atoms with Gasteiger partial charge in [-0.05, 0) is 13.3 Å². The Bertz CT molecular complexity index is 267. The number of carbonyl (C=O) groups is 3. The third-order valence-electron chi connectivity index (χ3n) is 1.59. The van der Waals surface area contributed by atoms with Crippen molar-refractivity contribution in [2.75, 3.05) is 7.11 Å². The van der Waals surface area contributed by atoms with Crippen LogP contribution < -0.4 is 17.2 Å². The molecule has 0 heterocycles. The van der Waals surface area contributed by atoms with Gasteiger partial charge >= 0.3 is 11.9 Å². The van der Waals surface area contributed by atoms with E-state index in [0.29, 0.717) is 0 Å². The third kappa shape index (κ3) is 12.3. The van der Waals surface area contributed by atoms with Gasteiger partial charge in [-0.3, -0.25) is 14.4 Å². The van der Waals surface area contributed by atoms with E-state index in [4.69, 9.17) is 22.3 Å². The number of amides is 1. The fraction of sp³-hybridized carbons (Fsp3) is 0.667. The standard InChI is InChI=1S/C5H10N2O3.C4H9NO2/c6-3(5(9)10)1-2-4(7)8;1-3(5)4(6)7-2/h3H,1-2,6H2,(H2,7,8)(H,9,10);3H,5H2,1-2H3/t2*3-/m00/s1. The molecule has 0 rings (SSSR count). The molecule has 8 nitrogen and oxygen atoms in total. The van der Waals surface area contributed by atoms with Gasteiger partial charge in [0.1, 0.15) is 12.1 Å². The normalized spacial score (nSPS) is 12.7. The van der Waals surface area contributed by atoms with Crippen LogP contribution in [0, 0.1) is 0 Å². The predicted molar refractivity (Wildman–Crippen MR) is 59.7 cm³/mol. The highest BCUT2D eigenvalue weighted by Crippen LogP contribution is 1.92. The van der Waals surface area contributed by atoms with Gasteiger partial charge in [0.2, 0.25) is 5.91 Å². The highest BCUT2D eigenvalue weighted by molar-refractivity contribution is 5.77. The Morgan fingerprint density at radius 1 is 1.29 bits per heavy atom. The van der Waals surface area contributed by atoms with Crippen molar-refractivity contribution in [3.63, 3.8) is 0 Å². The molecule has 0 spiro atoms. The molecule has 0 saturated heterocycles. The summed E-state index contributed by atoms with van der Waals surface area (Å²) in [5, 5.41) is 8.22. The number of carboxylic acid groups (broad SMARTS) is 1. The van der Waals surface area contributed by atoms with Crippen molar-refractivity contribution in [3.8, 4) is 0 Å². The number of nitrogens with two attached hydrogens (primary N) is 3. The second kappa shape index (κ2) is 9.55. The Morgan fingerprint density at radius 2 is 1.76 bits per heavy atom. The summed E-state index contributed by atoms with van der Waals surface area (Å²) in [6.07, 6.45) is 0.123. The quantitative estimate of drug-likeness (QED) is 0.417.